The molecule has 3 heteroatoms. The van der Waals surface area contributed by atoms with Crippen LogP contribution >= 0.6 is 0 Å². The lowest BCUT2D eigenvalue weighted by atomic mass is 9.37. The van der Waals surface area contributed by atoms with E-state index in [1.54, 1.807) is 0 Å². The maximum atomic E-state index is 14.7. The smallest absolute Gasteiger partial charge is 0.158 e. The van der Waals surface area contributed by atoms with Crippen LogP contribution in [0.3, 0.4) is 0 Å². The summed E-state index contributed by atoms with van der Waals surface area (Å²) in [4.78, 5) is 14.7. The fourth-order valence-electron chi connectivity index (χ4n) is 9.86. The Balaban J connectivity index is 1.21. The summed E-state index contributed by atoms with van der Waals surface area (Å²) >= 11 is 0. The number of carbonyl (C=O) groups excluding carboxylic acids is 1. The molecule has 1 saturated heterocycles. The van der Waals surface area contributed by atoms with Gasteiger partial charge in [-0.05, 0) is 90.5 Å². The van der Waals surface area contributed by atoms with E-state index in [1.807, 2.05) is 0 Å². The van der Waals surface area contributed by atoms with Gasteiger partial charge in [0.2, 0.25) is 0 Å². The zero-order valence-electron chi connectivity index (χ0n) is 22.3. The van der Waals surface area contributed by atoms with Crippen molar-refractivity contribution in [2.24, 2.45) is 46.3 Å². The number of benzene rings is 2. The summed E-state index contributed by atoms with van der Waals surface area (Å²) in [6.07, 6.45) is 10.6. The van der Waals surface area contributed by atoms with E-state index in [0.29, 0.717) is 47.9 Å². The van der Waals surface area contributed by atoms with Crippen LogP contribution in [-0.2, 0) is 14.3 Å². The summed E-state index contributed by atoms with van der Waals surface area (Å²) in [6, 6.07) is 21.5. The van der Waals surface area contributed by atoms with Crippen molar-refractivity contribution in [3.8, 4) is 0 Å². The van der Waals surface area contributed by atoms with Gasteiger partial charge in [0.25, 0.3) is 0 Å². The van der Waals surface area contributed by atoms with Crippen LogP contribution in [0.15, 0.2) is 84.5 Å². The van der Waals surface area contributed by atoms with E-state index < -0.39 is 10.8 Å². The zero-order valence-corrected chi connectivity index (χ0v) is 22.3. The van der Waals surface area contributed by atoms with Crippen LogP contribution in [0.25, 0.3) is 11.1 Å². The molecule has 0 aromatic heterocycles. The van der Waals surface area contributed by atoms with Gasteiger partial charge < -0.3 is 9.47 Å². The molecule has 4 bridgehead atoms. The van der Waals surface area contributed by atoms with Crippen molar-refractivity contribution >= 4 is 16.9 Å². The van der Waals surface area contributed by atoms with Gasteiger partial charge in [0.1, 0.15) is 0 Å². The van der Waals surface area contributed by atoms with Crippen LogP contribution < -0.4 is 0 Å². The van der Waals surface area contributed by atoms with E-state index in [4.69, 9.17) is 9.47 Å². The molecule has 0 spiro atoms. The first-order chi connectivity index (χ1) is 18.5. The Bertz CT molecular complexity index is 1380. The number of hydrogen-bond donors (Lipinski definition) is 0. The molecule has 7 aliphatic rings. The third-order valence-corrected chi connectivity index (χ3v) is 11.2. The standard InChI is InChI=1S/C35H36O3/c1-34-29(21-11-5-3-6-12-21)30(22-13-7-4-8-14-22)35(2,33(34)36)32-28-25-17-16-23(27(28)31(32)34)19-24(25)20-38-26-15-9-10-18-37-26/h3-8,11-14,16-17,19,23,25-28,31-32H,9-10,15,18,20H2,1-2H3. The maximum absolute atomic E-state index is 14.7. The summed E-state index contributed by atoms with van der Waals surface area (Å²) in [5.74, 6) is 2.96. The quantitative estimate of drug-likeness (QED) is 0.413. The topological polar surface area (TPSA) is 35.5 Å². The molecule has 9 rings (SSSR count). The normalized spacial score (nSPS) is 42.1. The van der Waals surface area contributed by atoms with Gasteiger partial charge in [-0.25, -0.2) is 0 Å². The maximum Gasteiger partial charge on any atom is 0.158 e. The molecule has 1 aliphatic heterocycles. The molecule has 2 saturated carbocycles. The highest BCUT2D eigenvalue weighted by molar-refractivity contribution is 6.23. The van der Waals surface area contributed by atoms with Gasteiger partial charge in [-0.3, -0.25) is 4.79 Å². The van der Waals surface area contributed by atoms with Crippen molar-refractivity contribution < 1.29 is 14.3 Å². The molecule has 9 atom stereocenters. The molecule has 1 heterocycles. The van der Waals surface area contributed by atoms with Crippen LogP contribution in [0.5, 0.6) is 0 Å². The molecule has 194 valence electrons. The molecule has 6 aliphatic carbocycles. The van der Waals surface area contributed by atoms with Crippen LogP contribution in [0, 0.1) is 46.3 Å². The predicted octanol–water partition coefficient (Wildman–Crippen LogP) is 6.97. The number of fused-ring (bicyclic) bond motifs is 5. The van der Waals surface area contributed by atoms with Gasteiger partial charge in [-0.2, -0.15) is 0 Å². The number of ether oxygens (including phenoxy) is 2. The zero-order chi connectivity index (χ0) is 25.6. The predicted molar refractivity (Wildman–Crippen MR) is 149 cm³/mol. The minimum atomic E-state index is -0.475. The van der Waals surface area contributed by atoms with Crippen molar-refractivity contribution in [1.82, 2.24) is 0 Å². The highest BCUT2D eigenvalue weighted by Crippen LogP contribution is 2.82. The fourth-order valence-corrected chi connectivity index (χ4v) is 9.86. The van der Waals surface area contributed by atoms with Gasteiger partial charge in [-0.15, -0.1) is 0 Å². The van der Waals surface area contributed by atoms with Gasteiger partial charge >= 0.3 is 0 Å². The second kappa shape index (κ2) is 8.13. The Morgan fingerprint density at radius 1 is 0.842 bits per heavy atom. The first kappa shape index (κ1) is 23.2. The first-order valence-electron chi connectivity index (χ1n) is 14.6. The number of allylic oxidation sites excluding steroid dienone is 5. The molecule has 38 heavy (non-hydrogen) atoms. The highest BCUT2D eigenvalue weighted by atomic mass is 16.7. The van der Waals surface area contributed by atoms with E-state index >= 15 is 0 Å². The highest BCUT2D eigenvalue weighted by Gasteiger charge is 2.81. The van der Waals surface area contributed by atoms with Gasteiger partial charge in [-0.1, -0.05) is 78.9 Å². The van der Waals surface area contributed by atoms with Crippen LogP contribution in [0.1, 0.15) is 44.2 Å². The average molecular weight is 505 g/mol. The fraction of sp³-hybridized carbons (Fsp3) is 0.457. The minimum Gasteiger partial charge on any atom is -0.353 e. The molecule has 3 fully saturated rings. The van der Waals surface area contributed by atoms with E-state index in [1.165, 1.54) is 34.3 Å². The second-order valence-electron chi connectivity index (χ2n) is 12.8. The van der Waals surface area contributed by atoms with Gasteiger partial charge in [0.15, 0.2) is 12.1 Å². The lowest BCUT2D eigenvalue weighted by molar-refractivity contribution is -0.161. The molecule has 0 amide bonds. The SMILES string of the molecule is CC12C(=O)C(C)(C(c3ccccc3)=C1c1ccccc1)C1C3C4C=CC(C=C4COC4CCCCO4)C3C12. The molecular weight excluding hydrogens is 468 g/mol. The van der Waals surface area contributed by atoms with Crippen molar-refractivity contribution in [3.63, 3.8) is 0 Å². The molecule has 3 nitrogen and oxygen atoms in total. The van der Waals surface area contributed by atoms with E-state index in [2.05, 4.69) is 92.7 Å². The van der Waals surface area contributed by atoms with Crippen molar-refractivity contribution in [1.29, 1.82) is 0 Å². The Kier molecular flexibility index (Phi) is 4.96. The Morgan fingerprint density at radius 3 is 2.08 bits per heavy atom. The van der Waals surface area contributed by atoms with Crippen molar-refractivity contribution in [3.05, 3.63) is 95.6 Å². The monoisotopic (exact) mass is 504 g/mol. The third kappa shape index (κ3) is 2.79. The summed E-state index contributed by atoms with van der Waals surface area (Å²) in [7, 11) is 0. The Labute approximate surface area is 225 Å². The summed E-state index contributed by atoms with van der Waals surface area (Å²) in [5.41, 5.74) is 5.45. The number of carbonyl (C=O) groups is 1. The molecule has 9 unspecified atom stereocenters. The second-order valence-corrected chi connectivity index (χ2v) is 12.8. The molecule has 2 aromatic rings. The number of hydrogen-bond acceptors (Lipinski definition) is 3. The van der Waals surface area contributed by atoms with Crippen molar-refractivity contribution in [2.45, 2.75) is 39.4 Å². The number of ketones is 1. The summed E-state index contributed by atoms with van der Waals surface area (Å²) in [5, 5.41) is 0. The number of Topliss-reactive ketones (excluding diaryl/α,β-unsaturated/α-hetero) is 1. The Morgan fingerprint density at radius 2 is 1.47 bits per heavy atom. The van der Waals surface area contributed by atoms with Gasteiger partial charge in [0, 0.05) is 12.5 Å². The van der Waals surface area contributed by atoms with Crippen molar-refractivity contribution in [2.75, 3.05) is 13.2 Å². The lowest BCUT2D eigenvalue weighted by Crippen LogP contribution is -2.62. The number of rotatable bonds is 5. The third-order valence-electron chi connectivity index (χ3n) is 11.2. The molecule has 2 aromatic carbocycles. The lowest BCUT2D eigenvalue weighted by Gasteiger charge is -2.65. The average Bonchev–Trinajstić information content (AvgIpc) is 3.21. The summed E-state index contributed by atoms with van der Waals surface area (Å²) in [6.45, 7) is 6.03. The molecule has 0 N–H and O–H groups in total. The van der Waals surface area contributed by atoms with Crippen LogP contribution in [0.2, 0.25) is 0 Å². The van der Waals surface area contributed by atoms with Crippen LogP contribution in [0.4, 0.5) is 0 Å². The molecule has 0 radical (unpaired) electrons. The first-order valence-corrected chi connectivity index (χ1v) is 14.6. The largest absolute Gasteiger partial charge is 0.353 e. The van der Waals surface area contributed by atoms with E-state index in [9.17, 15) is 4.79 Å². The van der Waals surface area contributed by atoms with E-state index in [0.717, 1.165) is 19.4 Å². The summed E-state index contributed by atoms with van der Waals surface area (Å²) < 4.78 is 12.1. The van der Waals surface area contributed by atoms with Crippen LogP contribution in [-0.4, -0.2) is 25.3 Å². The van der Waals surface area contributed by atoms with E-state index in [-0.39, 0.29) is 6.29 Å². The van der Waals surface area contributed by atoms with Gasteiger partial charge in [0.05, 0.1) is 17.4 Å². The minimum absolute atomic E-state index is 0.0689. The molecular formula is C35H36O3. The Hall–Kier alpha value is -2.75.